The van der Waals surface area contributed by atoms with Gasteiger partial charge in [-0.15, -0.1) is 0 Å². The molecule has 34 heavy (non-hydrogen) atoms. The van der Waals surface area contributed by atoms with Gasteiger partial charge in [0, 0.05) is 10.9 Å². The van der Waals surface area contributed by atoms with Gasteiger partial charge in [-0.3, -0.25) is 0 Å². The summed E-state index contributed by atoms with van der Waals surface area (Å²) >= 11 is 0. The van der Waals surface area contributed by atoms with Gasteiger partial charge in [-0.1, -0.05) is 55.8 Å². The zero-order valence-corrected chi connectivity index (χ0v) is 18.6. The van der Waals surface area contributed by atoms with E-state index >= 15 is 4.39 Å². The molecule has 0 aromatic heterocycles. The van der Waals surface area contributed by atoms with Crippen LogP contribution in [0.4, 0.5) is 22.0 Å². The third-order valence-electron chi connectivity index (χ3n) is 5.81. The van der Waals surface area contributed by atoms with E-state index in [2.05, 4.69) is 4.74 Å². The molecule has 176 valence electrons. The van der Waals surface area contributed by atoms with Gasteiger partial charge in [0.15, 0.2) is 11.6 Å². The molecule has 0 saturated carbocycles. The van der Waals surface area contributed by atoms with Crippen LogP contribution in [0, 0.1) is 17.5 Å². The molecular formula is C28H23F5O. The standard InChI is InChI=1S/C28H23F5O/c1-2-3-17-5-11-22(24(29)14-17)20-10-12-23-21(16-20)9-8-19(27(23)31)7-4-18-6-13-26(25(30)15-18)34-28(32)33/h5-6,8-16,28H,2-4,7H2,1H3. The minimum Gasteiger partial charge on any atom is -0.432 e. The molecule has 0 aliphatic heterocycles. The number of rotatable bonds is 8. The predicted molar refractivity (Wildman–Crippen MR) is 124 cm³/mol. The van der Waals surface area contributed by atoms with E-state index in [1.54, 1.807) is 42.5 Å². The summed E-state index contributed by atoms with van der Waals surface area (Å²) in [7, 11) is 0. The monoisotopic (exact) mass is 470 g/mol. The summed E-state index contributed by atoms with van der Waals surface area (Å²) in [5.41, 5.74) is 3.06. The summed E-state index contributed by atoms with van der Waals surface area (Å²) in [4.78, 5) is 0. The Balaban J connectivity index is 1.54. The molecule has 6 heteroatoms. The van der Waals surface area contributed by atoms with Crippen molar-refractivity contribution in [2.75, 3.05) is 0 Å². The fraction of sp³-hybridized carbons (Fsp3) is 0.214. The molecule has 0 heterocycles. The fourth-order valence-corrected chi connectivity index (χ4v) is 4.10. The minimum absolute atomic E-state index is 0.297. The van der Waals surface area contributed by atoms with E-state index < -0.39 is 18.2 Å². The Morgan fingerprint density at radius 1 is 0.735 bits per heavy atom. The predicted octanol–water partition coefficient (Wildman–Crippen LogP) is 8.26. The van der Waals surface area contributed by atoms with E-state index in [4.69, 9.17) is 0 Å². The van der Waals surface area contributed by atoms with E-state index in [0.717, 1.165) is 30.5 Å². The fourth-order valence-electron chi connectivity index (χ4n) is 4.10. The Labute approximate surface area is 194 Å². The molecule has 0 aliphatic rings. The van der Waals surface area contributed by atoms with Crippen LogP contribution in [0.1, 0.15) is 30.0 Å². The molecule has 0 fully saturated rings. The maximum absolute atomic E-state index is 15.2. The molecule has 0 bridgehead atoms. The maximum Gasteiger partial charge on any atom is 0.387 e. The highest BCUT2D eigenvalue weighted by Crippen LogP contribution is 2.30. The highest BCUT2D eigenvalue weighted by Gasteiger charge is 2.13. The smallest absolute Gasteiger partial charge is 0.387 e. The number of benzene rings is 4. The van der Waals surface area contributed by atoms with Crippen LogP contribution < -0.4 is 4.74 Å². The lowest BCUT2D eigenvalue weighted by molar-refractivity contribution is -0.0522. The zero-order chi connectivity index (χ0) is 24.2. The Morgan fingerprint density at radius 2 is 1.47 bits per heavy atom. The van der Waals surface area contributed by atoms with Crippen molar-refractivity contribution in [3.63, 3.8) is 0 Å². The van der Waals surface area contributed by atoms with Crippen LogP contribution in [0.2, 0.25) is 0 Å². The first-order valence-corrected chi connectivity index (χ1v) is 11.1. The third-order valence-corrected chi connectivity index (χ3v) is 5.81. The Morgan fingerprint density at radius 3 is 2.18 bits per heavy atom. The normalized spacial score (nSPS) is 11.4. The number of aryl methyl sites for hydroxylation is 3. The molecule has 0 spiro atoms. The second-order valence-corrected chi connectivity index (χ2v) is 8.18. The number of fused-ring (bicyclic) bond motifs is 1. The molecule has 0 saturated heterocycles. The largest absolute Gasteiger partial charge is 0.432 e. The van der Waals surface area contributed by atoms with Crippen molar-refractivity contribution in [2.24, 2.45) is 0 Å². The van der Waals surface area contributed by atoms with Gasteiger partial charge in [0.1, 0.15) is 11.6 Å². The van der Waals surface area contributed by atoms with Gasteiger partial charge in [-0.25, -0.2) is 13.2 Å². The van der Waals surface area contributed by atoms with Gasteiger partial charge >= 0.3 is 6.61 Å². The highest BCUT2D eigenvalue weighted by molar-refractivity contribution is 5.88. The molecule has 4 rings (SSSR count). The van der Waals surface area contributed by atoms with Crippen molar-refractivity contribution in [1.29, 1.82) is 0 Å². The quantitative estimate of drug-likeness (QED) is 0.236. The van der Waals surface area contributed by atoms with E-state index in [-0.39, 0.29) is 11.6 Å². The van der Waals surface area contributed by atoms with Gasteiger partial charge in [0.25, 0.3) is 0 Å². The first-order valence-electron chi connectivity index (χ1n) is 11.1. The third kappa shape index (κ3) is 5.22. The van der Waals surface area contributed by atoms with E-state index in [9.17, 15) is 17.6 Å². The van der Waals surface area contributed by atoms with Crippen molar-refractivity contribution >= 4 is 10.8 Å². The van der Waals surface area contributed by atoms with Crippen molar-refractivity contribution in [3.8, 4) is 16.9 Å². The molecule has 4 aromatic rings. The molecule has 0 amide bonds. The van der Waals surface area contributed by atoms with Crippen LogP contribution in [-0.4, -0.2) is 6.61 Å². The lowest BCUT2D eigenvalue weighted by atomic mass is 9.96. The van der Waals surface area contributed by atoms with Gasteiger partial charge in [0.2, 0.25) is 0 Å². The lowest BCUT2D eigenvalue weighted by Gasteiger charge is -2.11. The van der Waals surface area contributed by atoms with Gasteiger partial charge in [-0.2, -0.15) is 8.78 Å². The molecule has 4 aromatic carbocycles. The molecule has 1 nitrogen and oxygen atoms in total. The van der Waals surface area contributed by atoms with E-state index in [1.165, 1.54) is 6.07 Å². The highest BCUT2D eigenvalue weighted by atomic mass is 19.3. The van der Waals surface area contributed by atoms with E-state index in [1.807, 2.05) is 13.0 Å². The molecule has 0 atom stereocenters. The second kappa shape index (κ2) is 10.2. The summed E-state index contributed by atoms with van der Waals surface area (Å²) in [6.07, 6.45) is 2.36. The summed E-state index contributed by atoms with van der Waals surface area (Å²) < 4.78 is 72.4. The van der Waals surface area contributed by atoms with Crippen molar-refractivity contribution in [1.82, 2.24) is 0 Å². The van der Waals surface area contributed by atoms with Gasteiger partial charge < -0.3 is 4.74 Å². The van der Waals surface area contributed by atoms with E-state index in [0.29, 0.717) is 45.9 Å². The van der Waals surface area contributed by atoms with Gasteiger partial charge in [-0.05, 0) is 71.2 Å². The molecule has 0 radical (unpaired) electrons. The molecule has 0 unspecified atom stereocenters. The number of hydrogen-bond acceptors (Lipinski definition) is 1. The van der Waals surface area contributed by atoms with Crippen LogP contribution in [0.3, 0.4) is 0 Å². The number of hydrogen-bond donors (Lipinski definition) is 0. The van der Waals surface area contributed by atoms with Gasteiger partial charge in [0.05, 0.1) is 0 Å². The van der Waals surface area contributed by atoms with Crippen molar-refractivity contribution in [2.45, 2.75) is 39.2 Å². The average molecular weight is 470 g/mol. The first kappa shape index (κ1) is 23.7. The molecule has 0 aliphatic carbocycles. The summed E-state index contributed by atoms with van der Waals surface area (Å²) in [5.74, 6) is -2.11. The SMILES string of the molecule is CCCc1ccc(-c2ccc3c(F)c(CCc4ccc(OC(F)F)c(F)c4)ccc3c2)c(F)c1. The van der Waals surface area contributed by atoms with Crippen molar-refractivity contribution in [3.05, 3.63) is 101 Å². The number of halogens is 5. The van der Waals surface area contributed by atoms with Crippen molar-refractivity contribution < 1.29 is 26.7 Å². The Bertz CT molecular complexity index is 1320. The minimum atomic E-state index is -3.11. The van der Waals surface area contributed by atoms with Crippen LogP contribution in [0.25, 0.3) is 21.9 Å². The average Bonchev–Trinajstić information content (AvgIpc) is 2.80. The number of alkyl halides is 2. The van der Waals surface area contributed by atoms with Crippen LogP contribution in [-0.2, 0) is 19.3 Å². The Hall–Kier alpha value is -3.41. The number of ether oxygens (including phenoxy) is 1. The van der Waals surface area contributed by atoms with Crippen LogP contribution in [0.15, 0.2) is 66.7 Å². The molecular weight excluding hydrogens is 447 g/mol. The maximum atomic E-state index is 15.2. The summed E-state index contributed by atoms with van der Waals surface area (Å²) in [6.45, 7) is -1.07. The summed E-state index contributed by atoms with van der Waals surface area (Å²) in [5, 5.41) is 1.06. The molecule has 0 N–H and O–H groups in total. The van der Waals surface area contributed by atoms with Crippen LogP contribution >= 0.6 is 0 Å². The topological polar surface area (TPSA) is 9.23 Å². The Kier molecular flexibility index (Phi) is 7.15. The first-order chi connectivity index (χ1) is 16.4. The lowest BCUT2D eigenvalue weighted by Crippen LogP contribution is -2.04. The van der Waals surface area contributed by atoms with Crippen LogP contribution in [0.5, 0.6) is 5.75 Å². The zero-order valence-electron chi connectivity index (χ0n) is 18.6. The second-order valence-electron chi connectivity index (χ2n) is 8.18. The summed E-state index contributed by atoms with van der Waals surface area (Å²) in [6, 6.07) is 17.5.